The Labute approximate surface area is 137 Å². The summed E-state index contributed by atoms with van der Waals surface area (Å²) >= 11 is 0. The SMILES string of the molecule is Cc1ccc(CC(=O)Nc2ccc(N3CCCCC3)cn2)cc1. The van der Waals surface area contributed by atoms with Crippen LogP contribution in [0.2, 0.25) is 0 Å². The van der Waals surface area contributed by atoms with Crippen LogP contribution in [0.5, 0.6) is 0 Å². The first kappa shape index (κ1) is 15.5. The summed E-state index contributed by atoms with van der Waals surface area (Å²) < 4.78 is 0. The number of rotatable bonds is 4. The first-order valence-electron chi connectivity index (χ1n) is 8.27. The lowest BCUT2D eigenvalue weighted by Crippen LogP contribution is -2.29. The summed E-state index contributed by atoms with van der Waals surface area (Å²) in [7, 11) is 0. The van der Waals surface area contributed by atoms with Crippen LogP contribution in [0, 0.1) is 6.92 Å². The number of pyridine rings is 1. The third kappa shape index (κ3) is 4.31. The van der Waals surface area contributed by atoms with Gasteiger partial charge in [-0.1, -0.05) is 29.8 Å². The van der Waals surface area contributed by atoms with Crippen molar-refractivity contribution in [2.45, 2.75) is 32.6 Å². The normalized spacial score (nSPS) is 14.6. The zero-order chi connectivity index (χ0) is 16.1. The number of benzene rings is 1. The predicted octanol–water partition coefficient (Wildman–Crippen LogP) is 3.56. The second-order valence-corrected chi connectivity index (χ2v) is 6.16. The number of amides is 1. The number of hydrogen-bond acceptors (Lipinski definition) is 3. The van der Waals surface area contributed by atoms with Gasteiger partial charge >= 0.3 is 0 Å². The molecule has 3 rings (SSSR count). The fraction of sp³-hybridized carbons (Fsp3) is 0.368. The summed E-state index contributed by atoms with van der Waals surface area (Å²) in [5, 5.41) is 2.87. The van der Waals surface area contributed by atoms with E-state index in [9.17, 15) is 4.79 Å². The first-order chi connectivity index (χ1) is 11.2. The minimum Gasteiger partial charge on any atom is -0.370 e. The smallest absolute Gasteiger partial charge is 0.229 e. The van der Waals surface area contributed by atoms with Gasteiger partial charge in [0.25, 0.3) is 0 Å². The van der Waals surface area contributed by atoms with Crippen LogP contribution in [0.1, 0.15) is 30.4 Å². The zero-order valence-electron chi connectivity index (χ0n) is 13.6. The van der Waals surface area contributed by atoms with Gasteiger partial charge in [-0.05, 0) is 43.9 Å². The highest BCUT2D eigenvalue weighted by Gasteiger charge is 2.11. The van der Waals surface area contributed by atoms with Crippen LogP contribution >= 0.6 is 0 Å². The van der Waals surface area contributed by atoms with Gasteiger partial charge in [0.15, 0.2) is 0 Å². The number of aryl methyl sites for hydroxylation is 1. The molecule has 4 heteroatoms. The van der Waals surface area contributed by atoms with Crippen LogP contribution in [-0.2, 0) is 11.2 Å². The van der Waals surface area contributed by atoms with Gasteiger partial charge in [0.1, 0.15) is 5.82 Å². The topological polar surface area (TPSA) is 45.2 Å². The van der Waals surface area contributed by atoms with Crippen molar-refractivity contribution in [2.24, 2.45) is 0 Å². The number of hydrogen-bond donors (Lipinski definition) is 1. The van der Waals surface area contributed by atoms with E-state index >= 15 is 0 Å². The van der Waals surface area contributed by atoms with Gasteiger partial charge in [-0.25, -0.2) is 4.98 Å². The maximum atomic E-state index is 12.1. The molecule has 1 fully saturated rings. The Bertz CT molecular complexity index is 643. The Kier molecular flexibility index (Phi) is 4.91. The van der Waals surface area contributed by atoms with E-state index in [0.29, 0.717) is 12.2 Å². The highest BCUT2D eigenvalue weighted by molar-refractivity contribution is 5.91. The molecular weight excluding hydrogens is 286 g/mol. The van der Waals surface area contributed by atoms with E-state index in [1.165, 1.54) is 24.8 Å². The van der Waals surface area contributed by atoms with Crippen LogP contribution in [0.3, 0.4) is 0 Å². The number of carbonyl (C=O) groups is 1. The van der Waals surface area contributed by atoms with Crippen molar-refractivity contribution in [3.63, 3.8) is 0 Å². The van der Waals surface area contributed by atoms with E-state index in [1.807, 2.05) is 49.5 Å². The van der Waals surface area contributed by atoms with Crippen molar-refractivity contribution in [1.82, 2.24) is 4.98 Å². The van der Waals surface area contributed by atoms with Crippen molar-refractivity contribution in [2.75, 3.05) is 23.3 Å². The van der Waals surface area contributed by atoms with E-state index in [0.717, 1.165) is 24.3 Å². The number of aromatic nitrogens is 1. The zero-order valence-corrected chi connectivity index (χ0v) is 13.6. The Morgan fingerprint density at radius 3 is 2.48 bits per heavy atom. The molecule has 1 aliphatic rings. The molecule has 1 aliphatic heterocycles. The molecule has 4 nitrogen and oxygen atoms in total. The lowest BCUT2D eigenvalue weighted by Gasteiger charge is -2.28. The summed E-state index contributed by atoms with van der Waals surface area (Å²) in [6.45, 7) is 4.24. The number of nitrogens with one attached hydrogen (secondary N) is 1. The molecule has 0 spiro atoms. The Morgan fingerprint density at radius 2 is 1.83 bits per heavy atom. The quantitative estimate of drug-likeness (QED) is 0.939. The molecule has 1 saturated heterocycles. The summed E-state index contributed by atoms with van der Waals surface area (Å²) in [6.07, 6.45) is 6.03. The van der Waals surface area contributed by atoms with Crippen molar-refractivity contribution < 1.29 is 4.79 Å². The largest absolute Gasteiger partial charge is 0.370 e. The summed E-state index contributed by atoms with van der Waals surface area (Å²) in [5.41, 5.74) is 3.35. The molecule has 1 amide bonds. The molecule has 0 bridgehead atoms. The molecule has 2 heterocycles. The van der Waals surface area contributed by atoms with Gasteiger partial charge in [-0.2, -0.15) is 0 Å². The van der Waals surface area contributed by atoms with E-state index in [2.05, 4.69) is 15.2 Å². The van der Waals surface area contributed by atoms with Crippen LogP contribution in [0.25, 0.3) is 0 Å². The Balaban J connectivity index is 1.57. The van der Waals surface area contributed by atoms with Crippen LogP contribution < -0.4 is 10.2 Å². The van der Waals surface area contributed by atoms with Crippen molar-refractivity contribution in [3.8, 4) is 0 Å². The van der Waals surface area contributed by atoms with Gasteiger partial charge in [0, 0.05) is 13.1 Å². The van der Waals surface area contributed by atoms with E-state index in [1.54, 1.807) is 0 Å². The van der Waals surface area contributed by atoms with Gasteiger partial charge < -0.3 is 10.2 Å². The molecule has 0 atom stereocenters. The van der Waals surface area contributed by atoms with Gasteiger partial charge in [-0.3, -0.25) is 4.79 Å². The standard InChI is InChI=1S/C19H23N3O/c1-15-5-7-16(8-6-15)13-19(23)21-18-10-9-17(14-20-18)22-11-3-2-4-12-22/h5-10,14H,2-4,11-13H2,1H3,(H,20,21,23). The Morgan fingerprint density at radius 1 is 1.09 bits per heavy atom. The van der Waals surface area contributed by atoms with Crippen molar-refractivity contribution >= 4 is 17.4 Å². The second-order valence-electron chi connectivity index (χ2n) is 6.16. The van der Waals surface area contributed by atoms with Gasteiger partial charge in [0.05, 0.1) is 18.3 Å². The molecule has 0 saturated carbocycles. The second kappa shape index (κ2) is 7.27. The maximum Gasteiger partial charge on any atom is 0.229 e. The highest BCUT2D eigenvalue weighted by atomic mass is 16.1. The van der Waals surface area contributed by atoms with Crippen LogP contribution in [-0.4, -0.2) is 24.0 Å². The average Bonchev–Trinajstić information content (AvgIpc) is 2.58. The first-order valence-corrected chi connectivity index (χ1v) is 8.27. The fourth-order valence-electron chi connectivity index (χ4n) is 2.88. The fourth-order valence-corrected chi connectivity index (χ4v) is 2.88. The highest BCUT2D eigenvalue weighted by Crippen LogP contribution is 2.20. The van der Waals surface area contributed by atoms with E-state index in [4.69, 9.17) is 0 Å². The lowest BCUT2D eigenvalue weighted by atomic mass is 10.1. The molecule has 0 unspecified atom stereocenters. The Hall–Kier alpha value is -2.36. The lowest BCUT2D eigenvalue weighted by molar-refractivity contribution is -0.115. The monoisotopic (exact) mass is 309 g/mol. The summed E-state index contributed by atoms with van der Waals surface area (Å²) in [6, 6.07) is 11.9. The molecule has 0 aliphatic carbocycles. The molecular formula is C19H23N3O. The number of nitrogens with zero attached hydrogens (tertiary/aromatic N) is 2. The molecule has 0 radical (unpaired) electrons. The van der Waals surface area contributed by atoms with Gasteiger partial charge in [-0.15, -0.1) is 0 Å². The third-order valence-electron chi connectivity index (χ3n) is 4.22. The molecule has 23 heavy (non-hydrogen) atoms. The molecule has 120 valence electrons. The number of piperidine rings is 1. The molecule has 1 aromatic heterocycles. The third-order valence-corrected chi connectivity index (χ3v) is 4.22. The summed E-state index contributed by atoms with van der Waals surface area (Å²) in [4.78, 5) is 18.8. The molecule has 2 aromatic rings. The average molecular weight is 309 g/mol. The predicted molar refractivity (Wildman–Crippen MR) is 93.8 cm³/mol. The van der Waals surface area contributed by atoms with Gasteiger partial charge in [0.2, 0.25) is 5.91 Å². The number of anilines is 2. The molecule has 1 aromatic carbocycles. The minimum absolute atomic E-state index is 0.0351. The minimum atomic E-state index is -0.0351. The number of carbonyl (C=O) groups excluding carboxylic acids is 1. The maximum absolute atomic E-state index is 12.1. The van der Waals surface area contributed by atoms with Crippen molar-refractivity contribution in [3.05, 3.63) is 53.7 Å². The molecule has 1 N–H and O–H groups in total. The van der Waals surface area contributed by atoms with E-state index in [-0.39, 0.29) is 5.91 Å². The van der Waals surface area contributed by atoms with Crippen molar-refractivity contribution in [1.29, 1.82) is 0 Å². The van der Waals surface area contributed by atoms with Crippen LogP contribution in [0.4, 0.5) is 11.5 Å². The van der Waals surface area contributed by atoms with Crippen LogP contribution in [0.15, 0.2) is 42.6 Å². The summed E-state index contributed by atoms with van der Waals surface area (Å²) in [5.74, 6) is 0.579. The van der Waals surface area contributed by atoms with E-state index < -0.39 is 0 Å².